The number of nitrogens with zero attached hydrogens (tertiary/aromatic N) is 7. The summed E-state index contributed by atoms with van der Waals surface area (Å²) in [6, 6.07) is 3.90. The molecule has 2 N–H and O–H groups in total. The van der Waals surface area contributed by atoms with Gasteiger partial charge in [0.05, 0.1) is 12.2 Å². The molecule has 0 aromatic carbocycles. The van der Waals surface area contributed by atoms with Crippen LogP contribution in [0.1, 0.15) is 12.1 Å². The average molecular weight is 296 g/mol. The van der Waals surface area contributed by atoms with Gasteiger partial charge in [-0.05, 0) is 6.42 Å². The fourth-order valence-electron chi connectivity index (χ4n) is 2.73. The van der Waals surface area contributed by atoms with Crippen LogP contribution in [-0.2, 0) is 13.1 Å². The Bertz CT molecular complexity index is 776. The molecule has 1 aliphatic rings. The van der Waals surface area contributed by atoms with Crippen molar-refractivity contribution in [3.63, 3.8) is 0 Å². The largest absolute Gasteiger partial charge is 0.382 e. The van der Waals surface area contributed by atoms with Gasteiger partial charge < -0.3 is 10.6 Å². The summed E-state index contributed by atoms with van der Waals surface area (Å²) in [5.41, 5.74) is 6.90. The molecule has 4 rings (SSSR count). The van der Waals surface area contributed by atoms with E-state index in [1.54, 1.807) is 18.9 Å². The Morgan fingerprint density at radius 2 is 2.00 bits per heavy atom. The SMILES string of the molecule is Nc1cc2n(n1)CCCN(c1cc(-n3ccnc3)ncn1)C2. The second-order valence-corrected chi connectivity index (χ2v) is 5.26. The van der Waals surface area contributed by atoms with E-state index in [1.165, 1.54) is 0 Å². The summed E-state index contributed by atoms with van der Waals surface area (Å²) < 4.78 is 3.85. The molecule has 0 atom stereocenters. The van der Waals surface area contributed by atoms with Crippen LogP contribution in [0.5, 0.6) is 0 Å². The predicted molar refractivity (Wildman–Crippen MR) is 81.5 cm³/mol. The van der Waals surface area contributed by atoms with Crippen molar-refractivity contribution in [2.45, 2.75) is 19.5 Å². The fourth-order valence-corrected chi connectivity index (χ4v) is 2.73. The molecule has 0 aliphatic carbocycles. The van der Waals surface area contributed by atoms with Gasteiger partial charge in [0.1, 0.15) is 30.1 Å². The summed E-state index contributed by atoms with van der Waals surface area (Å²) >= 11 is 0. The Morgan fingerprint density at radius 1 is 1.09 bits per heavy atom. The molecule has 0 saturated heterocycles. The molecule has 0 saturated carbocycles. The van der Waals surface area contributed by atoms with Gasteiger partial charge in [-0.1, -0.05) is 0 Å². The molecule has 0 spiro atoms. The van der Waals surface area contributed by atoms with Crippen LogP contribution in [0.2, 0.25) is 0 Å². The van der Waals surface area contributed by atoms with Crippen molar-refractivity contribution in [2.24, 2.45) is 0 Å². The first-order chi connectivity index (χ1) is 10.8. The molecule has 22 heavy (non-hydrogen) atoms. The Labute approximate surface area is 127 Å². The van der Waals surface area contributed by atoms with Crippen molar-refractivity contribution >= 4 is 11.6 Å². The predicted octanol–water partition coefficient (Wildman–Crippen LogP) is 0.851. The number of fused-ring (bicyclic) bond motifs is 1. The molecular weight excluding hydrogens is 280 g/mol. The van der Waals surface area contributed by atoms with Gasteiger partial charge in [0.25, 0.3) is 0 Å². The quantitative estimate of drug-likeness (QED) is 0.754. The number of rotatable bonds is 2. The molecule has 0 amide bonds. The van der Waals surface area contributed by atoms with Gasteiger partial charge in [-0.15, -0.1) is 0 Å². The molecular formula is C14H16N8. The third-order valence-corrected chi connectivity index (χ3v) is 3.76. The van der Waals surface area contributed by atoms with E-state index >= 15 is 0 Å². The van der Waals surface area contributed by atoms with Crippen molar-refractivity contribution in [1.29, 1.82) is 0 Å². The molecule has 8 nitrogen and oxygen atoms in total. The van der Waals surface area contributed by atoms with E-state index in [4.69, 9.17) is 5.73 Å². The van der Waals surface area contributed by atoms with Gasteiger partial charge >= 0.3 is 0 Å². The number of aryl methyl sites for hydroxylation is 1. The third kappa shape index (κ3) is 2.28. The first kappa shape index (κ1) is 12.8. The van der Waals surface area contributed by atoms with Crippen molar-refractivity contribution in [3.05, 3.63) is 42.9 Å². The number of hydrogen-bond donors (Lipinski definition) is 1. The molecule has 3 aromatic rings. The van der Waals surface area contributed by atoms with Crippen molar-refractivity contribution in [2.75, 3.05) is 17.2 Å². The minimum Gasteiger partial charge on any atom is -0.382 e. The normalized spacial score (nSPS) is 14.6. The highest BCUT2D eigenvalue weighted by Gasteiger charge is 2.17. The average Bonchev–Trinajstić information content (AvgIpc) is 3.13. The molecule has 112 valence electrons. The zero-order valence-electron chi connectivity index (χ0n) is 12.0. The first-order valence-electron chi connectivity index (χ1n) is 7.17. The summed E-state index contributed by atoms with van der Waals surface area (Å²) in [6.45, 7) is 2.54. The zero-order valence-corrected chi connectivity index (χ0v) is 12.0. The van der Waals surface area contributed by atoms with Crippen molar-refractivity contribution < 1.29 is 0 Å². The van der Waals surface area contributed by atoms with Gasteiger partial charge in [-0.3, -0.25) is 9.25 Å². The van der Waals surface area contributed by atoms with Crippen LogP contribution in [-0.4, -0.2) is 35.8 Å². The van der Waals surface area contributed by atoms with Crippen LogP contribution in [0.4, 0.5) is 11.6 Å². The summed E-state index contributed by atoms with van der Waals surface area (Å²) in [5, 5.41) is 4.32. The smallest absolute Gasteiger partial charge is 0.145 e. The van der Waals surface area contributed by atoms with E-state index in [0.29, 0.717) is 5.82 Å². The number of nitrogen functional groups attached to an aromatic ring is 1. The van der Waals surface area contributed by atoms with Gasteiger partial charge in [0.2, 0.25) is 0 Å². The lowest BCUT2D eigenvalue weighted by Crippen LogP contribution is -2.23. The lowest BCUT2D eigenvalue weighted by atomic mass is 10.3. The molecule has 0 bridgehead atoms. The molecule has 8 heteroatoms. The Hall–Kier alpha value is -2.90. The number of hydrogen-bond acceptors (Lipinski definition) is 6. The summed E-state index contributed by atoms with van der Waals surface area (Å²) in [4.78, 5) is 15.0. The fraction of sp³-hybridized carbons (Fsp3) is 0.286. The third-order valence-electron chi connectivity index (χ3n) is 3.76. The molecule has 4 heterocycles. The van der Waals surface area contributed by atoms with E-state index in [0.717, 1.165) is 43.4 Å². The highest BCUT2D eigenvalue weighted by atomic mass is 15.3. The number of aromatic nitrogens is 6. The van der Waals surface area contributed by atoms with Crippen LogP contribution >= 0.6 is 0 Å². The van der Waals surface area contributed by atoms with Crippen molar-refractivity contribution in [3.8, 4) is 5.82 Å². The van der Waals surface area contributed by atoms with E-state index in [1.807, 2.05) is 27.6 Å². The first-order valence-corrected chi connectivity index (χ1v) is 7.17. The lowest BCUT2D eigenvalue weighted by molar-refractivity contribution is 0.593. The Balaban J connectivity index is 1.66. The van der Waals surface area contributed by atoms with Crippen molar-refractivity contribution in [1.82, 2.24) is 29.3 Å². The van der Waals surface area contributed by atoms with Crippen LogP contribution in [0.15, 0.2) is 37.2 Å². The highest BCUT2D eigenvalue weighted by molar-refractivity contribution is 5.44. The topological polar surface area (TPSA) is 90.7 Å². The minimum absolute atomic E-state index is 0.568. The summed E-state index contributed by atoms with van der Waals surface area (Å²) in [5.74, 6) is 2.27. The molecule has 3 aromatic heterocycles. The number of nitrogens with two attached hydrogens (primary N) is 1. The standard InChI is InChI=1S/C14H16N8/c15-12-6-11-8-20(3-1-4-22(11)19-12)13-7-14(18-9-17-13)21-5-2-16-10-21/h2,5-7,9-10H,1,3-4,8H2,(H2,15,19). The maximum atomic E-state index is 5.80. The maximum absolute atomic E-state index is 5.80. The summed E-state index contributed by atoms with van der Waals surface area (Å²) in [7, 11) is 0. The van der Waals surface area contributed by atoms with E-state index in [2.05, 4.69) is 25.0 Å². The highest BCUT2D eigenvalue weighted by Crippen LogP contribution is 2.21. The molecule has 0 fully saturated rings. The van der Waals surface area contributed by atoms with Gasteiger partial charge in [0, 0.05) is 37.6 Å². The molecule has 1 aliphatic heterocycles. The number of imidazole rings is 1. The van der Waals surface area contributed by atoms with Crippen LogP contribution in [0.25, 0.3) is 5.82 Å². The second kappa shape index (κ2) is 5.14. The van der Waals surface area contributed by atoms with Crippen LogP contribution in [0.3, 0.4) is 0 Å². The monoisotopic (exact) mass is 296 g/mol. The van der Waals surface area contributed by atoms with Crippen LogP contribution in [0, 0.1) is 0 Å². The summed E-state index contributed by atoms with van der Waals surface area (Å²) in [6.07, 6.45) is 7.91. The number of anilines is 2. The molecule has 0 radical (unpaired) electrons. The Kier molecular flexibility index (Phi) is 2.99. The zero-order chi connectivity index (χ0) is 14.9. The second-order valence-electron chi connectivity index (χ2n) is 5.26. The maximum Gasteiger partial charge on any atom is 0.145 e. The van der Waals surface area contributed by atoms with E-state index < -0.39 is 0 Å². The minimum atomic E-state index is 0.568. The van der Waals surface area contributed by atoms with Gasteiger partial charge in [-0.2, -0.15) is 5.10 Å². The lowest BCUT2D eigenvalue weighted by Gasteiger charge is -2.21. The molecule has 0 unspecified atom stereocenters. The van der Waals surface area contributed by atoms with E-state index in [-0.39, 0.29) is 0 Å². The van der Waals surface area contributed by atoms with Crippen LogP contribution < -0.4 is 10.6 Å². The van der Waals surface area contributed by atoms with Gasteiger partial charge in [0.15, 0.2) is 0 Å². The van der Waals surface area contributed by atoms with E-state index in [9.17, 15) is 0 Å². The van der Waals surface area contributed by atoms with Gasteiger partial charge in [-0.25, -0.2) is 15.0 Å². The Morgan fingerprint density at radius 3 is 2.86 bits per heavy atom.